The topological polar surface area (TPSA) is 40.9 Å². The summed E-state index contributed by atoms with van der Waals surface area (Å²) in [4.78, 5) is 12.1. The molecule has 0 aromatic heterocycles. The smallest absolute Gasteiger partial charge is 0.203 e. The van der Waals surface area contributed by atoms with E-state index in [1.165, 1.54) is 36.4 Å². The normalized spacial score (nSPS) is 11.0. The minimum absolute atomic E-state index is 0.111. The maximum absolute atomic E-state index is 13.1. The molecule has 0 heterocycles. The van der Waals surface area contributed by atoms with E-state index in [4.69, 9.17) is 5.26 Å². The van der Waals surface area contributed by atoms with Crippen molar-refractivity contribution in [3.05, 3.63) is 75.3 Å². The lowest BCUT2D eigenvalue weighted by Gasteiger charge is -2.01. The Morgan fingerprint density at radius 1 is 1.14 bits per heavy atom. The van der Waals surface area contributed by atoms with Gasteiger partial charge in [0.25, 0.3) is 0 Å². The van der Waals surface area contributed by atoms with Gasteiger partial charge in [-0.2, -0.15) is 5.26 Å². The molecular formula is C16H8BrF2NO. The number of Topliss-reactive ketones (excluding diaryl/α,β-unsaturated/α-hetero) is 1. The van der Waals surface area contributed by atoms with Crippen LogP contribution in [0.25, 0.3) is 6.08 Å². The number of benzene rings is 2. The highest BCUT2D eigenvalue weighted by molar-refractivity contribution is 9.10. The minimum Gasteiger partial charge on any atom is -0.288 e. The van der Waals surface area contributed by atoms with E-state index in [0.29, 0.717) is 5.56 Å². The molecule has 104 valence electrons. The number of carbonyl (C=O) groups excluding carboxylic acids is 1. The third-order valence-electron chi connectivity index (χ3n) is 2.73. The lowest BCUT2D eigenvalue weighted by atomic mass is 10.0. The van der Waals surface area contributed by atoms with Crippen molar-refractivity contribution < 1.29 is 13.6 Å². The van der Waals surface area contributed by atoms with Gasteiger partial charge in [-0.3, -0.25) is 4.79 Å². The summed E-state index contributed by atoms with van der Waals surface area (Å²) in [6, 6.07) is 10.9. The molecule has 0 fully saturated rings. The van der Waals surface area contributed by atoms with Crippen molar-refractivity contribution in [2.45, 2.75) is 0 Å². The lowest BCUT2D eigenvalue weighted by molar-refractivity contribution is 0.104. The summed E-state index contributed by atoms with van der Waals surface area (Å²) in [7, 11) is 0. The Hall–Kier alpha value is -2.32. The summed E-state index contributed by atoms with van der Waals surface area (Å²) in [5.41, 5.74) is 0.612. The Labute approximate surface area is 128 Å². The molecule has 5 heteroatoms. The van der Waals surface area contributed by atoms with Crippen LogP contribution in [0.5, 0.6) is 0 Å². The number of allylic oxidation sites excluding steroid dienone is 1. The van der Waals surface area contributed by atoms with Crippen LogP contribution in [0.2, 0.25) is 0 Å². The molecular weight excluding hydrogens is 340 g/mol. The van der Waals surface area contributed by atoms with Gasteiger partial charge in [-0.25, -0.2) is 8.78 Å². The summed E-state index contributed by atoms with van der Waals surface area (Å²) < 4.78 is 26.2. The van der Waals surface area contributed by atoms with Gasteiger partial charge < -0.3 is 0 Å². The van der Waals surface area contributed by atoms with Crippen LogP contribution in [0.3, 0.4) is 0 Å². The molecule has 21 heavy (non-hydrogen) atoms. The summed E-state index contributed by atoms with van der Waals surface area (Å²) in [5, 5.41) is 9.10. The molecule has 2 nitrogen and oxygen atoms in total. The van der Waals surface area contributed by atoms with Gasteiger partial charge in [0.15, 0.2) is 0 Å². The first-order valence-electron chi connectivity index (χ1n) is 5.88. The van der Waals surface area contributed by atoms with Crippen molar-refractivity contribution in [1.29, 1.82) is 5.26 Å². The minimum atomic E-state index is -0.516. The molecule has 2 rings (SSSR count). The van der Waals surface area contributed by atoms with Gasteiger partial charge in [0.2, 0.25) is 5.78 Å². The second-order valence-electron chi connectivity index (χ2n) is 4.18. The molecule has 0 aliphatic rings. The SMILES string of the molecule is N#C/C(=C\c1ccc(F)c(Br)c1)C(=O)c1ccc(F)cc1. The van der Waals surface area contributed by atoms with Crippen molar-refractivity contribution in [2.75, 3.05) is 0 Å². The second-order valence-corrected chi connectivity index (χ2v) is 5.03. The number of rotatable bonds is 3. The Bertz CT molecular complexity index is 761. The Morgan fingerprint density at radius 2 is 1.81 bits per heavy atom. The van der Waals surface area contributed by atoms with E-state index in [-0.39, 0.29) is 15.6 Å². The molecule has 2 aromatic carbocycles. The number of hydrogen-bond donors (Lipinski definition) is 0. The highest BCUT2D eigenvalue weighted by Crippen LogP contribution is 2.19. The zero-order valence-corrected chi connectivity index (χ0v) is 12.2. The fourth-order valence-corrected chi connectivity index (χ4v) is 2.07. The largest absolute Gasteiger partial charge is 0.288 e. The van der Waals surface area contributed by atoms with E-state index in [2.05, 4.69) is 15.9 Å². The molecule has 0 spiro atoms. The summed E-state index contributed by atoms with van der Waals surface area (Å²) in [6.07, 6.45) is 1.36. The second kappa shape index (κ2) is 6.42. The first-order chi connectivity index (χ1) is 10.0. The monoisotopic (exact) mass is 347 g/mol. The van der Waals surface area contributed by atoms with Gasteiger partial charge in [-0.15, -0.1) is 0 Å². The molecule has 2 aromatic rings. The molecule has 0 bridgehead atoms. The number of halogens is 3. The first kappa shape index (κ1) is 15.1. The van der Waals surface area contributed by atoms with Gasteiger partial charge in [-0.1, -0.05) is 6.07 Å². The van der Waals surface area contributed by atoms with E-state index in [1.807, 2.05) is 0 Å². The summed E-state index contributed by atoms with van der Waals surface area (Å²) >= 11 is 3.03. The van der Waals surface area contributed by atoms with Crippen molar-refractivity contribution in [2.24, 2.45) is 0 Å². The van der Waals surface area contributed by atoms with Crippen LogP contribution in [-0.2, 0) is 0 Å². The van der Waals surface area contributed by atoms with Crippen LogP contribution in [0.15, 0.2) is 52.5 Å². The fourth-order valence-electron chi connectivity index (χ4n) is 1.67. The molecule has 0 N–H and O–H groups in total. The van der Waals surface area contributed by atoms with Crippen molar-refractivity contribution in [1.82, 2.24) is 0 Å². The maximum atomic E-state index is 13.1. The van der Waals surface area contributed by atoms with E-state index >= 15 is 0 Å². The fraction of sp³-hybridized carbons (Fsp3) is 0. The van der Waals surface area contributed by atoms with Crippen LogP contribution in [0, 0.1) is 23.0 Å². The Kier molecular flexibility index (Phi) is 4.61. The van der Waals surface area contributed by atoms with Crippen LogP contribution in [0.4, 0.5) is 8.78 Å². The third-order valence-corrected chi connectivity index (χ3v) is 3.33. The predicted octanol–water partition coefficient (Wildman–Crippen LogP) is 4.52. The Morgan fingerprint density at radius 3 is 2.38 bits per heavy atom. The number of carbonyl (C=O) groups is 1. The predicted molar refractivity (Wildman–Crippen MR) is 78.4 cm³/mol. The van der Waals surface area contributed by atoms with Gasteiger partial charge in [0, 0.05) is 5.56 Å². The highest BCUT2D eigenvalue weighted by Gasteiger charge is 2.12. The lowest BCUT2D eigenvalue weighted by Crippen LogP contribution is -2.02. The number of nitrogens with zero attached hydrogens (tertiary/aromatic N) is 1. The van der Waals surface area contributed by atoms with Crippen molar-refractivity contribution in [3.63, 3.8) is 0 Å². The molecule has 0 radical (unpaired) electrons. The Balaban J connectivity index is 2.36. The van der Waals surface area contributed by atoms with Crippen LogP contribution < -0.4 is 0 Å². The van der Waals surface area contributed by atoms with Crippen LogP contribution in [-0.4, -0.2) is 5.78 Å². The molecule has 0 unspecified atom stereocenters. The summed E-state index contributed by atoms with van der Waals surface area (Å²) in [6.45, 7) is 0. The van der Waals surface area contributed by atoms with Crippen LogP contribution in [0.1, 0.15) is 15.9 Å². The molecule has 0 aliphatic carbocycles. The van der Waals surface area contributed by atoms with Crippen LogP contribution >= 0.6 is 15.9 Å². The molecule has 0 saturated heterocycles. The zero-order valence-electron chi connectivity index (χ0n) is 10.6. The van der Waals surface area contributed by atoms with Crippen molar-refractivity contribution in [3.8, 4) is 6.07 Å². The number of hydrogen-bond acceptors (Lipinski definition) is 2. The van der Waals surface area contributed by atoms with E-state index in [9.17, 15) is 13.6 Å². The standard InChI is InChI=1S/C16H8BrF2NO/c17-14-8-10(1-6-15(14)19)7-12(9-20)16(21)11-2-4-13(18)5-3-11/h1-8H/b12-7+. The maximum Gasteiger partial charge on any atom is 0.203 e. The third kappa shape index (κ3) is 3.61. The average Bonchev–Trinajstić information content (AvgIpc) is 2.48. The average molecular weight is 348 g/mol. The van der Waals surface area contributed by atoms with Gasteiger partial charge in [0.05, 0.1) is 4.47 Å². The number of ketones is 1. The van der Waals surface area contributed by atoms with Gasteiger partial charge >= 0.3 is 0 Å². The van der Waals surface area contributed by atoms with E-state index in [0.717, 1.165) is 12.1 Å². The van der Waals surface area contributed by atoms with Crippen molar-refractivity contribution >= 4 is 27.8 Å². The quantitative estimate of drug-likeness (QED) is 0.465. The summed E-state index contributed by atoms with van der Waals surface area (Å²) in [5.74, 6) is -1.41. The van der Waals surface area contributed by atoms with Gasteiger partial charge in [-0.05, 0) is 64.0 Å². The number of nitriles is 1. The molecule has 0 atom stereocenters. The van der Waals surface area contributed by atoms with E-state index in [1.54, 1.807) is 6.07 Å². The van der Waals surface area contributed by atoms with E-state index < -0.39 is 17.4 Å². The zero-order chi connectivity index (χ0) is 15.4. The first-order valence-corrected chi connectivity index (χ1v) is 6.67. The molecule has 0 aliphatic heterocycles. The van der Waals surface area contributed by atoms with Gasteiger partial charge in [0.1, 0.15) is 23.3 Å². The molecule has 0 amide bonds. The highest BCUT2D eigenvalue weighted by atomic mass is 79.9. The molecule has 0 saturated carbocycles.